The zero-order valence-electron chi connectivity index (χ0n) is 20.5. The highest BCUT2D eigenvalue weighted by atomic mass is 127. The Morgan fingerprint density at radius 3 is 2.48 bits per heavy atom. The van der Waals surface area contributed by atoms with Gasteiger partial charge in [0.25, 0.3) is 0 Å². The summed E-state index contributed by atoms with van der Waals surface area (Å²) in [5, 5.41) is 7.00. The van der Waals surface area contributed by atoms with Crippen molar-refractivity contribution in [1.82, 2.24) is 20.4 Å². The molecule has 0 saturated carbocycles. The van der Waals surface area contributed by atoms with Gasteiger partial charge in [-0.3, -0.25) is 4.90 Å². The van der Waals surface area contributed by atoms with E-state index in [9.17, 15) is 0 Å². The Hall–Kier alpha value is -1.84. The van der Waals surface area contributed by atoms with Gasteiger partial charge < -0.3 is 20.3 Å². The standard InChI is InChI=1S/C26H39N5O.HI/c1-5-27-26(28-18-21-11-10-12-22(17-21)20-30(2)3)29-19-24(31-15-8-9-16-31)23-13-6-7-14-25(23)32-4;/h6-7,10-14,17,24H,5,8-9,15-16,18-20H2,1-4H3,(H2,27,28,29);1H. The van der Waals surface area contributed by atoms with E-state index in [1.165, 1.54) is 29.5 Å². The molecule has 2 aromatic carbocycles. The normalized spacial score (nSPS) is 15.2. The van der Waals surface area contributed by atoms with Crippen molar-refractivity contribution in [2.24, 2.45) is 4.99 Å². The predicted molar refractivity (Wildman–Crippen MR) is 149 cm³/mol. The number of nitrogens with zero attached hydrogens (tertiary/aromatic N) is 3. The number of hydrogen-bond donors (Lipinski definition) is 2. The quantitative estimate of drug-likeness (QED) is 0.256. The lowest BCUT2D eigenvalue weighted by molar-refractivity contribution is 0.239. The first kappa shape index (κ1) is 27.4. The van der Waals surface area contributed by atoms with Gasteiger partial charge in [-0.25, -0.2) is 4.99 Å². The number of nitrogens with one attached hydrogen (secondary N) is 2. The van der Waals surface area contributed by atoms with E-state index in [-0.39, 0.29) is 30.0 Å². The lowest BCUT2D eigenvalue weighted by atomic mass is 10.0. The van der Waals surface area contributed by atoms with Crippen LogP contribution in [0.15, 0.2) is 53.5 Å². The van der Waals surface area contributed by atoms with Gasteiger partial charge in [0.2, 0.25) is 0 Å². The first-order valence-corrected chi connectivity index (χ1v) is 11.7. The largest absolute Gasteiger partial charge is 0.496 e. The van der Waals surface area contributed by atoms with E-state index in [4.69, 9.17) is 9.73 Å². The Morgan fingerprint density at radius 1 is 1.06 bits per heavy atom. The summed E-state index contributed by atoms with van der Waals surface area (Å²) in [6.07, 6.45) is 2.51. The molecule has 1 aliphatic heterocycles. The van der Waals surface area contributed by atoms with Gasteiger partial charge in [-0.15, -0.1) is 24.0 Å². The maximum absolute atomic E-state index is 5.68. The van der Waals surface area contributed by atoms with E-state index in [0.717, 1.165) is 44.4 Å². The molecule has 1 saturated heterocycles. The number of hydrogen-bond acceptors (Lipinski definition) is 4. The van der Waals surface area contributed by atoms with Crippen LogP contribution >= 0.6 is 24.0 Å². The van der Waals surface area contributed by atoms with Crippen molar-refractivity contribution >= 4 is 29.9 Å². The van der Waals surface area contributed by atoms with Crippen LogP contribution < -0.4 is 15.4 Å². The number of guanidine groups is 1. The number of ether oxygens (including phenoxy) is 1. The molecule has 6 nitrogen and oxygen atoms in total. The number of likely N-dealkylation sites (tertiary alicyclic amines) is 1. The summed E-state index contributed by atoms with van der Waals surface area (Å²) in [5.41, 5.74) is 3.77. The number of aliphatic imine (C=N–C) groups is 1. The topological polar surface area (TPSA) is 52.1 Å². The third kappa shape index (κ3) is 8.46. The van der Waals surface area contributed by atoms with E-state index in [1.807, 2.05) is 6.07 Å². The third-order valence-corrected chi connectivity index (χ3v) is 5.80. The fourth-order valence-electron chi connectivity index (χ4n) is 4.33. The number of para-hydroxylation sites is 1. The van der Waals surface area contributed by atoms with Crippen molar-refractivity contribution in [3.63, 3.8) is 0 Å². The molecule has 0 bridgehead atoms. The molecule has 182 valence electrons. The van der Waals surface area contributed by atoms with Gasteiger partial charge in [0.05, 0.1) is 19.7 Å². The molecular formula is C26H40IN5O. The second kappa shape index (κ2) is 14.4. The Morgan fingerprint density at radius 2 is 1.79 bits per heavy atom. The average Bonchev–Trinajstić information content (AvgIpc) is 3.32. The number of halogens is 1. The number of rotatable bonds is 10. The number of benzene rings is 2. The summed E-state index contributed by atoms with van der Waals surface area (Å²) in [4.78, 5) is 9.61. The van der Waals surface area contributed by atoms with E-state index >= 15 is 0 Å². The second-order valence-electron chi connectivity index (χ2n) is 8.63. The van der Waals surface area contributed by atoms with Gasteiger partial charge in [0.1, 0.15) is 5.75 Å². The number of methoxy groups -OCH3 is 1. The van der Waals surface area contributed by atoms with E-state index in [1.54, 1.807) is 7.11 Å². The summed E-state index contributed by atoms with van der Waals surface area (Å²) >= 11 is 0. The fourth-order valence-corrected chi connectivity index (χ4v) is 4.33. The lowest BCUT2D eigenvalue weighted by Gasteiger charge is -2.30. The molecule has 0 amide bonds. The van der Waals surface area contributed by atoms with Crippen LogP contribution in [0.2, 0.25) is 0 Å². The fraction of sp³-hybridized carbons (Fsp3) is 0.500. The zero-order chi connectivity index (χ0) is 22.8. The molecule has 1 heterocycles. The van der Waals surface area contributed by atoms with Crippen molar-refractivity contribution in [2.75, 3.05) is 47.4 Å². The van der Waals surface area contributed by atoms with Crippen LogP contribution in [-0.2, 0) is 13.1 Å². The molecule has 0 spiro atoms. The average molecular weight is 566 g/mol. The molecule has 1 atom stereocenters. The van der Waals surface area contributed by atoms with Crippen LogP contribution in [0.25, 0.3) is 0 Å². The van der Waals surface area contributed by atoms with Crippen LogP contribution in [0.1, 0.15) is 42.5 Å². The van der Waals surface area contributed by atoms with Crippen molar-refractivity contribution in [3.05, 3.63) is 65.2 Å². The zero-order valence-corrected chi connectivity index (χ0v) is 22.8. The highest BCUT2D eigenvalue weighted by Crippen LogP contribution is 2.31. The molecule has 1 unspecified atom stereocenters. The molecule has 2 aromatic rings. The van der Waals surface area contributed by atoms with Crippen LogP contribution in [0.3, 0.4) is 0 Å². The van der Waals surface area contributed by atoms with Crippen LogP contribution in [0, 0.1) is 0 Å². The van der Waals surface area contributed by atoms with Crippen LogP contribution in [0.5, 0.6) is 5.75 Å². The Balaban J connectivity index is 0.00000385. The van der Waals surface area contributed by atoms with Crippen molar-refractivity contribution < 1.29 is 4.74 Å². The van der Waals surface area contributed by atoms with Gasteiger partial charge in [-0.2, -0.15) is 0 Å². The van der Waals surface area contributed by atoms with Gasteiger partial charge >= 0.3 is 0 Å². The van der Waals surface area contributed by atoms with Gasteiger partial charge in [-0.1, -0.05) is 42.5 Å². The monoisotopic (exact) mass is 565 g/mol. The molecule has 0 aliphatic carbocycles. The van der Waals surface area contributed by atoms with Crippen LogP contribution in [-0.4, -0.2) is 63.1 Å². The Bertz CT molecular complexity index is 867. The second-order valence-corrected chi connectivity index (χ2v) is 8.63. The predicted octanol–water partition coefficient (Wildman–Crippen LogP) is 4.27. The molecule has 7 heteroatoms. The van der Waals surface area contributed by atoms with Crippen molar-refractivity contribution in [3.8, 4) is 5.75 Å². The molecule has 33 heavy (non-hydrogen) atoms. The van der Waals surface area contributed by atoms with Crippen LogP contribution in [0.4, 0.5) is 0 Å². The minimum atomic E-state index is 0. The molecule has 3 rings (SSSR count). The molecule has 1 aliphatic rings. The third-order valence-electron chi connectivity index (χ3n) is 5.80. The molecule has 0 aromatic heterocycles. The smallest absolute Gasteiger partial charge is 0.191 e. The minimum Gasteiger partial charge on any atom is -0.496 e. The molecule has 1 fully saturated rings. The van der Waals surface area contributed by atoms with Gasteiger partial charge in [0, 0.05) is 25.2 Å². The Kier molecular flexibility index (Phi) is 12.0. The maximum Gasteiger partial charge on any atom is 0.191 e. The first-order valence-electron chi connectivity index (χ1n) is 11.7. The highest BCUT2D eigenvalue weighted by molar-refractivity contribution is 14.0. The SMILES string of the molecule is CCNC(=NCc1cccc(CN(C)C)c1)NCC(c1ccccc1OC)N1CCCC1.I. The van der Waals surface area contributed by atoms with E-state index in [0.29, 0.717) is 6.54 Å². The van der Waals surface area contributed by atoms with Crippen molar-refractivity contribution in [2.45, 2.75) is 38.9 Å². The van der Waals surface area contributed by atoms with Gasteiger partial charge in [0.15, 0.2) is 5.96 Å². The first-order chi connectivity index (χ1) is 15.6. The van der Waals surface area contributed by atoms with E-state index < -0.39 is 0 Å². The summed E-state index contributed by atoms with van der Waals surface area (Å²) in [6.45, 7) is 7.55. The summed E-state index contributed by atoms with van der Waals surface area (Å²) in [6, 6.07) is 17.3. The summed E-state index contributed by atoms with van der Waals surface area (Å²) < 4.78 is 5.68. The molecule has 2 N–H and O–H groups in total. The summed E-state index contributed by atoms with van der Waals surface area (Å²) in [5.74, 6) is 1.80. The van der Waals surface area contributed by atoms with Gasteiger partial charge in [-0.05, 0) is 64.1 Å². The highest BCUT2D eigenvalue weighted by Gasteiger charge is 2.26. The molecule has 0 radical (unpaired) electrons. The van der Waals surface area contributed by atoms with E-state index in [2.05, 4.69) is 83.9 Å². The summed E-state index contributed by atoms with van der Waals surface area (Å²) in [7, 11) is 5.94. The Labute approximate surface area is 216 Å². The maximum atomic E-state index is 5.68. The van der Waals surface area contributed by atoms with Crippen molar-refractivity contribution in [1.29, 1.82) is 0 Å². The minimum absolute atomic E-state index is 0. The molecular weight excluding hydrogens is 525 g/mol. The lowest BCUT2D eigenvalue weighted by Crippen LogP contribution is -2.42.